The fourth-order valence-corrected chi connectivity index (χ4v) is 11.0. The van der Waals surface area contributed by atoms with Crippen LogP contribution < -0.4 is 10.2 Å². The Morgan fingerprint density at radius 3 is 0.944 bits per heavy atom. The van der Waals surface area contributed by atoms with Crippen LogP contribution >= 0.6 is 7.82 Å². The highest BCUT2D eigenvalue weighted by atomic mass is 31.2. The molecule has 1 amide bonds. The maximum Gasteiger partial charge on any atom is 0.268 e. The van der Waals surface area contributed by atoms with Crippen molar-refractivity contribution in [1.29, 1.82) is 0 Å². The summed E-state index contributed by atoms with van der Waals surface area (Å²) in [5.41, 5.74) is 0. The highest BCUT2D eigenvalue weighted by Crippen LogP contribution is 2.38. The Bertz CT molecular complexity index is 1140. The van der Waals surface area contributed by atoms with Crippen LogP contribution in [-0.4, -0.2) is 68.5 Å². The molecule has 3 atom stereocenters. The van der Waals surface area contributed by atoms with Gasteiger partial charge in [0, 0.05) is 6.42 Å². The fourth-order valence-electron chi connectivity index (χ4n) is 10.3. The number of carbonyl (C=O) groups is 1. The number of phosphoric acid groups is 1. The summed E-state index contributed by atoms with van der Waals surface area (Å²) in [5.74, 6) is -0.155. The first-order valence-electron chi connectivity index (χ1n) is 32.4. The molecule has 2 N–H and O–H groups in total. The molecule has 0 fully saturated rings. The predicted molar refractivity (Wildman–Crippen MR) is 312 cm³/mol. The fraction of sp³-hybridized carbons (Fsp3) is 0.984. The minimum Gasteiger partial charge on any atom is -0.756 e. The lowest BCUT2D eigenvalue weighted by Crippen LogP contribution is -2.46. The van der Waals surface area contributed by atoms with E-state index in [-0.39, 0.29) is 19.1 Å². The molecule has 9 heteroatoms. The van der Waals surface area contributed by atoms with Gasteiger partial charge < -0.3 is 28.8 Å². The van der Waals surface area contributed by atoms with Crippen LogP contribution in [0.4, 0.5) is 0 Å². The number of unbranched alkanes of at least 4 members (excludes halogenated alkanes) is 48. The van der Waals surface area contributed by atoms with Gasteiger partial charge >= 0.3 is 0 Å². The number of aliphatic hydroxyl groups excluding tert-OH is 1. The van der Waals surface area contributed by atoms with Crippen molar-refractivity contribution in [2.45, 2.75) is 360 Å². The first kappa shape index (κ1) is 71.5. The Hall–Kier alpha value is -0.500. The molecular formula is C63H129N2O6P. The number of phosphoric ester groups is 1. The lowest BCUT2D eigenvalue weighted by atomic mass is 10.0. The van der Waals surface area contributed by atoms with Gasteiger partial charge in [-0.1, -0.05) is 328 Å². The van der Waals surface area contributed by atoms with Crippen molar-refractivity contribution in [3.8, 4) is 0 Å². The zero-order valence-corrected chi connectivity index (χ0v) is 50.3. The Morgan fingerprint density at radius 1 is 0.431 bits per heavy atom. The molecule has 0 aliphatic carbocycles. The summed E-state index contributed by atoms with van der Waals surface area (Å²) in [6, 6.07) is -0.795. The number of hydrogen-bond donors (Lipinski definition) is 2. The van der Waals surface area contributed by atoms with E-state index in [4.69, 9.17) is 9.05 Å². The monoisotopic (exact) mass is 1040 g/mol. The van der Waals surface area contributed by atoms with E-state index in [1.165, 1.54) is 283 Å². The van der Waals surface area contributed by atoms with Crippen LogP contribution in [0.25, 0.3) is 0 Å². The van der Waals surface area contributed by atoms with Gasteiger partial charge in [-0.2, -0.15) is 0 Å². The van der Waals surface area contributed by atoms with Crippen LogP contribution in [0, 0.1) is 0 Å². The second kappa shape index (κ2) is 55.3. The number of aliphatic hydroxyl groups is 1. The van der Waals surface area contributed by atoms with Crippen molar-refractivity contribution < 1.29 is 32.9 Å². The zero-order valence-electron chi connectivity index (χ0n) is 49.4. The van der Waals surface area contributed by atoms with E-state index < -0.39 is 20.0 Å². The Labute approximate surface area is 450 Å². The summed E-state index contributed by atoms with van der Waals surface area (Å²) >= 11 is 0. The molecule has 8 nitrogen and oxygen atoms in total. The number of hydrogen-bond acceptors (Lipinski definition) is 6. The molecule has 0 aromatic heterocycles. The van der Waals surface area contributed by atoms with Crippen LogP contribution in [0.1, 0.15) is 348 Å². The van der Waals surface area contributed by atoms with Gasteiger partial charge in [-0.05, 0) is 12.8 Å². The molecule has 1 unspecified atom stereocenters. The van der Waals surface area contributed by atoms with Gasteiger partial charge in [0.05, 0.1) is 39.9 Å². The van der Waals surface area contributed by atoms with Crippen LogP contribution in [0.3, 0.4) is 0 Å². The second-order valence-corrected chi connectivity index (χ2v) is 25.3. The topological polar surface area (TPSA) is 108 Å². The maximum atomic E-state index is 13.0. The molecule has 0 saturated carbocycles. The molecule has 0 radical (unpaired) electrons. The van der Waals surface area contributed by atoms with Gasteiger partial charge in [0.25, 0.3) is 7.82 Å². The van der Waals surface area contributed by atoms with E-state index in [9.17, 15) is 19.4 Å². The van der Waals surface area contributed by atoms with Crippen LogP contribution in [0.5, 0.6) is 0 Å². The molecule has 0 aromatic rings. The van der Waals surface area contributed by atoms with Gasteiger partial charge in [0.1, 0.15) is 13.2 Å². The molecule has 0 aliphatic heterocycles. The number of quaternary nitrogens is 1. The summed E-state index contributed by atoms with van der Waals surface area (Å²) in [6.07, 6.45) is 67.4. The highest BCUT2D eigenvalue weighted by Gasteiger charge is 2.24. The molecule has 0 bridgehead atoms. The SMILES string of the molecule is CCCCCCCCCCCCCCCCCCCCCCCCCCCCCCCCCCCC(=O)N[C@@H](COP(=O)([O-])OCC[N+](C)(C)C)[C@H](O)CCCCCCCCCCCCCCCCCCC. The van der Waals surface area contributed by atoms with Gasteiger partial charge in [-0.3, -0.25) is 9.36 Å². The first-order chi connectivity index (χ1) is 35.0. The molecule has 72 heavy (non-hydrogen) atoms. The number of carbonyl (C=O) groups excluding carboxylic acids is 1. The average molecular weight is 1040 g/mol. The Morgan fingerprint density at radius 2 is 0.681 bits per heavy atom. The van der Waals surface area contributed by atoms with Gasteiger partial charge in [-0.25, -0.2) is 0 Å². The average Bonchev–Trinajstić information content (AvgIpc) is 3.34. The van der Waals surface area contributed by atoms with E-state index in [2.05, 4.69) is 19.2 Å². The summed E-state index contributed by atoms with van der Waals surface area (Å²) in [5, 5.41) is 14.0. The third kappa shape index (κ3) is 57.2. The summed E-state index contributed by atoms with van der Waals surface area (Å²) < 4.78 is 23.5. The molecule has 432 valence electrons. The third-order valence-corrected chi connectivity index (χ3v) is 16.3. The van der Waals surface area contributed by atoms with Gasteiger partial charge in [0.15, 0.2) is 0 Å². The number of nitrogens with one attached hydrogen (secondary N) is 1. The van der Waals surface area contributed by atoms with Crippen LogP contribution in [0.2, 0.25) is 0 Å². The summed E-state index contributed by atoms with van der Waals surface area (Å²) in [4.78, 5) is 25.6. The van der Waals surface area contributed by atoms with E-state index in [1.807, 2.05) is 21.1 Å². The minimum atomic E-state index is -4.57. The van der Waals surface area contributed by atoms with Crippen molar-refractivity contribution in [3.05, 3.63) is 0 Å². The molecule has 0 aliphatic rings. The standard InChI is InChI=1S/C63H129N2O6P/c1-6-8-10-12-14-16-18-20-22-24-25-26-27-28-29-30-31-32-33-34-35-36-37-38-39-41-43-45-47-49-51-53-55-57-63(67)64-61(60-71-72(68,69)70-59-58-65(3,4)5)62(66)56-54-52-50-48-46-44-42-40-23-21-19-17-15-13-11-9-7-2/h61-62,66H,6-60H2,1-5H3,(H-,64,67,68,69)/t61-,62+/m0/s1. The number of rotatable bonds is 61. The summed E-state index contributed by atoms with van der Waals surface area (Å²) in [7, 11) is 1.33. The second-order valence-electron chi connectivity index (χ2n) is 23.8. The number of likely N-dealkylation sites (N-methyl/N-ethyl adjacent to an activating group) is 1. The molecule has 0 saturated heterocycles. The van der Waals surface area contributed by atoms with Gasteiger partial charge in [-0.15, -0.1) is 0 Å². The van der Waals surface area contributed by atoms with E-state index >= 15 is 0 Å². The quantitative estimate of drug-likeness (QED) is 0.0357. The minimum absolute atomic E-state index is 0.0167. The lowest BCUT2D eigenvalue weighted by Gasteiger charge is -2.30. The molecular weight excluding hydrogens is 912 g/mol. The lowest BCUT2D eigenvalue weighted by molar-refractivity contribution is -0.870. The van der Waals surface area contributed by atoms with E-state index in [0.29, 0.717) is 23.9 Å². The van der Waals surface area contributed by atoms with Crippen molar-refractivity contribution in [3.63, 3.8) is 0 Å². The normalized spacial score (nSPS) is 13.7. The van der Waals surface area contributed by atoms with Crippen LogP contribution in [0.15, 0.2) is 0 Å². The molecule has 0 aromatic carbocycles. The largest absolute Gasteiger partial charge is 0.756 e. The molecule has 0 rings (SSSR count). The van der Waals surface area contributed by atoms with Gasteiger partial charge in [0.2, 0.25) is 5.91 Å². The van der Waals surface area contributed by atoms with E-state index in [1.54, 1.807) is 0 Å². The summed E-state index contributed by atoms with van der Waals surface area (Å²) in [6.45, 7) is 4.79. The van der Waals surface area contributed by atoms with Crippen molar-refractivity contribution in [2.75, 3.05) is 40.9 Å². The van der Waals surface area contributed by atoms with Crippen molar-refractivity contribution in [1.82, 2.24) is 5.32 Å². The maximum absolute atomic E-state index is 13.0. The smallest absolute Gasteiger partial charge is 0.268 e. The molecule has 0 heterocycles. The number of nitrogens with zero attached hydrogens (tertiary/aromatic N) is 1. The van der Waals surface area contributed by atoms with Crippen molar-refractivity contribution >= 4 is 13.7 Å². The van der Waals surface area contributed by atoms with Crippen molar-refractivity contribution in [2.24, 2.45) is 0 Å². The Kier molecular flexibility index (Phi) is 54.9. The van der Waals surface area contributed by atoms with E-state index in [0.717, 1.165) is 38.5 Å². The zero-order chi connectivity index (χ0) is 52.7. The third-order valence-electron chi connectivity index (χ3n) is 15.3. The predicted octanol–water partition coefficient (Wildman–Crippen LogP) is 19.4. The van der Waals surface area contributed by atoms with Crippen LogP contribution in [-0.2, 0) is 18.4 Å². The molecule has 0 spiro atoms. The Balaban J connectivity index is 3.94. The number of amides is 1. The first-order valence-corrected chi connectivity index (χ1v) is 33.8. The highest BCUT2D eigenvalue weighted by molar-refractivity contribution is 7.45.